The van der Waals surface area contributed by atoms with Crippen molar-refractivity contribution in [2.24, 2.45) is 0 Å². The van der Waals surface area contributed by atoms with Crippen molar-refractivity contribution >= 4 is 23.6 Å². The molecular formula is C15H19NO4. The van der Waals surface area contributed by atoms with Crippen LogP contribution >= 0.6 is 0 Å². The van der Waals surface area contributed by atoms with Crippen LogP contribution in [0.2, 0.25) is 0 Å². The summed E-state index contributed by atoms with van der Waals surface area (Å²) >= 11 is 0. The van der Waals surface area contributed by atoms with Crippen LogP contribution in [0.5, 0.6) is 0 Å². The monoisotopic (exact) mass is 277 g/mol. The lowest BCUT2D eigenvalue weighted by Crippen LogP contribution is -2.38. The van der Waals surface area contributed by atoms with E-state index in [9.17, 15) is 9.59 Å². The minimum Gasteiger partial charge on any atom is -0.478 e. The van der Waals surface area contributed by atoms with Crippen LogP contribution < -0.4 is 5.32 Å². The number of aryl methyl sites for hydroxylation is 1. The van der Waals surface area contributed by atoms with Gasteiger partial charge in [-0.15, -0.1) is 0 Å². The minimum absolute atomic E-state index is 0.265. The van der Waals surface area contributed by atoms with Crippen LogP contribution in [0.15, 0.2) is 24.3 Å². The molecule has 0 aliphatic carbocycles. The van der Waals surface area contributed by atoms with Gasteiger partial charge < -0.3 is 15.2 Å². The Labute approximate surface area is 118 Å². The Kier molecular flexibility index (Phi) is 5.05. The van der Waals surface area contributed by atoms with E-state index in [0.29, 0.717) is 11.3 Å². The summed E-state index contributed by atoms with van der Waals surface area (Å²) in [6.07, 6.45) is 2.53. The van der Waals surface area contributed by atoms with Gasteiger partial charge in [-0.05, 0) is 50.1 Å². The summed E-state index contributed by atoms with van der Waals surface area (Å²) in [5.41, 5.74) is 1.30. The minimum atomic E-state index is -1.02. The maximum atomic E-state index is 12.0. The first-order valence-corrected chi connectivity index (χ1v) is 6.14. The van der Waals surface area contributed by atoms with E-state index >= 15 is 0 Å². The van der Waals surface area contributed by atoms with Crippen molar-refractivity contribution in [3.63, 3.8) is 0 Å². The number of benzene rings is 1. The molecule has 0 saturated carbocycles. The van der Waals surface area contributed by atoms with Gasteiger partial charge in [-0.3, -0.25) is 4.79 Å². The summed E-state index contributed by atoms with van der Waals surface area (Å²) in [5.74, 6) is -1.28. The van der Waals surface area contributed by atoms with E-state index in [1.165, 1.54) is 13.2 Å². The molecule has 0 fully saturated rings. The van der Waals surface area contributed by atoms with Gasteiger partial charge in [0.05, 0.1) is 0 Å². The number of nitrogens with one attached hydrogen (secondary N) is 1. The summed E-state index contributed by atoms with van der Waals surface area (Å²) < 4.78 is 5.11. The third kappa shape index (κ3) is 4.51. The van der Waals surface area contributed by atoms with Crippen LogP contribution in [0.4, 0.5) is 5.69 Å². The van der Waals surface area contributed by atoms with E-state index in [0.717, 1.165) is 11.6 Å². The van der Waals surface area contributed by atoms with E-state index in [1.807, 2.05) is 19.1 Å². The number of aliphatic carboxylic acids is 1. The molecule has 108 valence electrons. The lowest BCUT2D eigenvalue weighted by Gasteiger charge is -2.22. The number of methoxy groups -OCH3 is 1. The third-order valence-corrected chi connectivity index (χ3v) is 2.83. The molecule has 0 spiro atoms. The first-order chi connectivity index (χ1) is 9.24. The Hall–Kier alpha value is -2.14. The van der Waals surface area contributed by atoms with Gasteiger partial charge in [-0.2, -0.15) is 0 Å². The predicted octanol–water partition coefficient (Wildman–Crippen LogP) is 2.46. The molecule has 0 atom stereocenters. The second-order valence-corrected chi connectivity index (χ2v) is 4.97. The fourth-order valence-electron chi connectivity index (χ4n) is 1.52. The molecule has 0 aliphatic rings. The highest BCUT2D eigenvalue weighted by Gasteiger charge is 2.26. The fraction of sp³-hybridized carbons (Fsp3) is 0.333. The Bertz CT molecular complexity index is 547. The van der Waals surface area contributed by atoms with Crippen molar-refractivity contribution in [3.05, 3.63) is 35.4 Å². The predicted molar refractivity (Wildman–Crippen MR) is 77.6 cm³/mol. The van der Waals surface area contributed by atoms with Gasteiger partial charge in [0.2, 0.25) is 0 Å². The van der Waals surface area contributed by atoms with Gasteiger partial charge in [0.15, 0.2) is 0 Å². The molecule has 1 rings (SSSR count). The molecule has 0 aromatic heterocycles. The number of hydrogen-bond acceptors (Lipinski definition) is 3. The standard InChI is InChI=1S/C15H19NO4/c1-10-7-11(5-6-13(17)18)9-12(8-10)16-14(19)15(2,3)20-4/h5-9H,1-4H3,(H,16,19)(H,17,18)/b6-5+. The first-order valence-electron chi connectivity index (χ1n) is 6.14. The summed E-state index contributed by atoms with van der Waals surface area (Å²) in [4.78, 5) is 22.5. The van der Waals surface area contributed by atoms with Crippen molar-refractivity contribution in [1.29, 1.82) is 0 Å². The van der Waals surface area contributed by atoms with E-state index in [-0.39, 0.29) is 5.91 Å². The Morgan fingerprint density at radius 1 is 1.30 bits per heavy atom. The summed E-state index contributed by atoms with van der Waals surface area (Å²) in [5, 5.41) is 11.4. The number of carboxylic acids is 1. The quantitative estimate of drug-likeness (QED) is 0.811. The maximum Gasteiger partial charge on any atom is 0.328 e. The number of carbonyl (C=O) groups is 2. The van der Waals surface area contributed by atoms with Gasteiger partial charge in [-0.1, -0.05) is 6.07 Å². The number of hydrogen-bond donors (Lipinski definition) is 2. The Balaban J connectivity index is 2.97. The number of anilines is 1. The zero-order valence-corrected chi connectivity index (χ0v) is 12.1. The van der Waals surface area contributed by atoms with Crippen molar-refractivity contribution in [3.8, 4) is 0 Å². The average Bonchev–Trinajstić information content (AvgIpc) is 2.35. The molecule has 2 N–H and O–H groups in total. The second-order valence-electron chi connectivity index (χ2n) is 4.97. The van der Waals surface area contributed by atoms with Crippen LogP contribution in [-0.2, 0) is 14.3 Å². The molecule has 0 radical (unpaired) electrons. The molecule has 5 heteroatoms. The van der Waals surface area contributed by atoms with E-state index in [4.69, 9.17) is 9.84 Å². The highest BCUT2D eigenvalue weighted by molar-refractivity contribution is 5.97. The highest BCUT2D eigenvalue weighted by atomic mass is 16.5. The molecule has 1 aromatic carbocycles. The smallest absolute Gasteiger partial charge is 0.328 e. The SMILES string of the molecule is COC(C)(C)C(=O)Nc1cc(C)cc(/C=C/C(=O)O)c1. The molecule has 0 aliphatic heterocycles. The first kappa shape index (κ1) is 15.9. The number of rotatable bonds is 5. The largest absolute Gasteiger partial charge is 0.478 e. The second kappa shape index (κ2) is 6.34. The van der Waals surface area contributed by atoms with Crippen LogP contribution in [-0.4, -0.2) is 29.7 Å². The summed E-state index contributed by atoms with van der Waals surface area (Å²) in [6, 6.07) is 5.34. The summed E-state index contributed by atoms with van der Waals surface area (Å²) in [6.45, 7) is 5.21. The molecule has 1 amide bonds. The highest BCUT2D eigenvalue weighted by Crippen LogP contribution is 2.18. The maximum absolute atomic E-state index is 12.0. The number of amides is 1. The molecule has 0 bridgehead atoms. The number of ether oxygens (including phenoxy) is 1. The molecule has 20 heavy (non-hydrogen) atoms. The zero-order chi connectivity index (χ0) is 15.3. The van der Waals surface area contributed by atoms with Gasteiger partial charge in [0.25, 0.3) is 5.91 Å². The van der Waals surface area contributed by atoms with E-state index < -0.39 is 11.6 Å². The van der Waals surface area contributed by atoms with Crippen LogP contribution in [0.25, 0.3) is 6.08 Å². The average molecular weight is 277 g/mol. The Morgan fingerprint density at radius 3 is 2.50 bits per heavy atom. The van der Waals surface area contributed by atoms with Crippen molar-refractivity contribution in [1.82, 2.24) is 0 Å². The fourth-order valence-corrected chi connectivity index (χ4v) is 1.52. The summed E-state index contributed by atoms with van der Waals surface area (Å²) in [7, 11) is 1.47. The molecule has 1 aromatic rings. The van der Waals surface area contributed by atoms with E-state index in [2.05, 4.69) is 5.32 Å². The van der Waals surface area contributed by atoms with E-state index in [1.54, 1.807) is 19.9 Å². The van der Waals surface area contributed by atoms with Gasteiger partial charge in [-0.25, -0.2) is 4.79 Å². The Morgan fingerprint density at radius 2 is 1.95 bits per heavy atom. The molecular weight excluding hydrogens is 258 g/mol. The number of carboxylic acid groups (broad SMARTS) is 1. The van der Waals surface area contributed by atoms with Gasteiger partial charge >= 0.3 is 5.97 Å². The van der Waals surface area contributed by atoms with Crippen molar-refractivity contribution in [2.45, 2.75) is 26.4 Å². The van der Waals surface area contributed by atoms with Crippen LogP contribution in [0.3, 0.4) is 0 Å². The van der Waals surface area contributed by atoms with Gasteiger partial charge in [0.1, 0.15) is 5.60 Å². The molecule has 0 unspecified atom stereocenters. The van der Waals surface area contributed by atoms with Crippen LogP contribution in [0, 0.1) is 6.92 Å². The normalized spacial score (nSPS) is 11.6. The van der Waals surface area contributed by atoms with Crippen molar-refractivity contribution in [2.75, 3.05) is 12.4 Å². The van der Waals surface area contributed by atoms with Gasteiger partial charge in [0, 0.05) is 18.9 Å². The lowest BCUT2D eigenvalue weighted by molar-refractivity contribution is -0.133. The zero-order valence-electron chi connectivity index (χ0n) is 12.1. The lowest BCUT2D eigenvalue weighted by atomic mass is 10.1. The third-order valence-electron chi connectivity index (χ3n) is 2.83. The number of carbonyl (C=O) groups excluding carboxylic acids is 1. The molecule has 0 heterocycles. The van der Waals surface area contributed by atoms with Crippen LogP contribution in [0.1, 0.15) is 25.0 Å². The molecule has 0 saturated heterocycles. The van der Waals surface area contributed by atoms with Crippen molar-refractivity contribution < 1.29 is 19.4 Å². The topological polar surface area (TPSA) is 75.6 Å². The molecule has 5 nitrogen and oxygen atoms in total.